The van der Waals surface area contributed by atoms with E-state index < -0.39 is 0 Å². The lowest BCUT2D eigenvalue weighted by Gasteiger charge is -2.42. The van der Waals surface area contributed by atoms with Crippen LogP contribution >= 0.6 is 0 Å². The van der Waals surface area contributed by atoms with Gasteiger partial charge in [0.05, 0.1) is 17.3 Å². The zero-order valence-corrected chi connectivity index (χ0v) is 11.6. The van der Waals surface area contributed by atoms with Crippen molar-refractivity contribution in [3.05, 3.63) is 0 Å². The Morgan fingerprint density at radius 2 is 1.88 bits per heavy atom. The van der Waals surface area contributed by atoms with Gasteiger partial charge in [0.2, 0.25) is 0 Å². The van der Waals surface area contributed by atoms with Gasteiger partial charge in [-0.1, -0.05) is 13.8 Å². The molecular weight excluding hydrogens is 212 g/mol. The van der Waals surface area contributed by atoms with E-state index >= 15 is 0 Å². The molecule has 2 saturated carbocycles. The van der Waals surface area contributed by atoms with Gasteiger partial charge < -0.3 is 9.84 Å². The van der Waals surface area contributed by atoms with Crippen molar-refractivity contribution >= 4 is 0 Å². The third-order valence-corrected chi connectivity index (χ3v) is 6.14. The predicted molar refractivity (Wildman–Crippen MR) is 67.7 cm³/mol. The van der Waals surface area contributed by atoms with Gasteiger partial charge in [-0.15, -0.1) is 0 Å². The molecule has 3 aliphatic rings. The van der Waals surface area contributed by atoms with E-state index in [4.69, 9.17) is 4.74 Å². The van der Waals surface area contributed by atoms with Gasteiger partial charge in [-0.3, -0.25) is 0 Å². The van der Waals surface area contributed by atoms with Gasteiger partial charge in [0.1, 0.15) is 0 Å². The van der Waals surface area contributed by atoms with Crippen LogP contribution in [0.3, 0.4) is 0 Å². The average Bonchev–Trinajstić information content (AvgIpc) is 2.63. The van der Waals surface area contributed by atoms with Crippen molar-refractivity contribution in [3.8, 4) is 0 Å². The first-order valence-electron chi connectivity index (χ1n) is 7.25. The van der Waals surface area contributed by atoms with E-state index in [9.17, 15) is 5.11 Å². The Kier molecular flexibility index (Phi) is 2.45. The highest BCUT2D eigenvalue weighted by Gasteiger charge is 2.63. The van der Waals surface area contributed by atoms with Gasteiger partial charge >= 0.3 is 0 Å². The van der Waals surface area contributed by atoms with Crippen LogP contribution in [0.2, 0.25) is 0 Å². The zero-order valence-electron chi connectivity index (χ0n) is 11.6. The molecule has 0 unspecified atom stereocenters. The molecule has 0 aromatic heterocycles. The van der Waals surface area contributed by atoms with Crippen LogP contribution in [0.5, 0.6) is 0 Å². The standard InChI is InChI=1S/C15H26O2/c1-9-5-6-12-10(2)13(16)7-11-8-15(9,12)17-14(11,3)4/h9-13,16H,5-8H2,1-4H3/t9-,10-,11-,12-,13+,15-/m1/s1. The first kappa shape index (κ1) is 12.0. The number of aliphatic hydroxyl groups excluding tert-OH is 1. The minimum atomic E-state index is -0.125. The first-order valence-corrected chi connectivity index (χ1v) is 7.25. The van der Waals surface area contributed by atoms with Crippen molar-refractivity contribution in [1.82, 2.24) is 0 Å². The van der Waals surface area contributed by atoms with Crippen molar-refractivity contribution in [2.75, 3.05) is 0 Å². The molecule has 2 aliphatic carbocycles. The van der Waals surface area contributed by atoms with Crippen molar-refractivity contribution in [3.63, 3.8) is 0 Å². The molecule has 6 atom stereocenters. The molecule has 1 spiro atoms. The summed E-state index contributed by atoms with van der Waals surface area (Å²) in [6.07, 6.45) is 4.49. The van der Waals surface area contributed by atoms with Crippen LogP contribution in [0.4, 0.5) is 0 Å². The van der Waals surface area contributed by atoms with E-state index in [1.165, 1.54) is 19.3 Å². The summed E-state index contributed by atoms with van der Waals surface area (Å²) in [4.78, 5) is 0. The average molecular weight is 238 g/mol. The largest absolute Gasteiger partial charge is 0.393 e. The highest BCUT2D eigenvalue weighted by Crippen LogP contribution is 2.61. The molecule has 2 nitrogen and oxygen atoms in total. The monoisotopic (exact) mass is 238 g/mol. The first-order chi connectivity index (χ1) is 7.87. The molecule has 1 saturated heterocycles. The quantitative estimate of drug-likeness (QED) is 0.703. The van der Waals surface area contributed by atoms with Crippen molar-refractivity contribution < 1.29 is 9.84 Å². The molecule has 2 heteroatoms. The van der Waals surface area contributed by atoms with Gasteiger partial charge in [-0.2, -0.15) is 0 Å². The van der Waals surface area contributed by atoms with Crippen LogP contribution in [-0.4, -0.2) is 22.4 Å². The molecule has 3 fully saturated rings. The van der Waals surface area contributed by atoms with Crippen LogP contribution in [0.15, 0.2) is 0 Å². The lowest BCUT2D eigenvalue weighted by Crippen LogP contribution is -2.46. The van der Waals surface area contributed by atoms with E-state index in [0.717, 1.165) is 6.42 Å². The fourth-order valence-electron chi connectivity index (χ4n) is 4.91. The zero-order chi connectivity index (χ0) is 12.4. The van der Waals surface area contributed by atoms with Crippen LogP contribution < -0.4 is 0 Å². The topological polar surface area (TPSA) is 29.5 Å². The Balaban J connectivity index is 2.03. The SMILES string of the molecule is C[C@@H]1[C@H]2CC[C@@H](C)[C@]23C[C@@H](C[C@@H]1O)C(C)(C)O3. The minimum absolute atomic E-state index is 0.0437. The number of hydrogen-bond donors (Lipinski definition) is 1. The summed E-state index contributed by atoms with van der Waals surface area (Å²) in [6, 6.07) is 0. The summed E-state index contributed by atoms with van der Waals surface area (Å²) in [5, 5.41) is 10.4. The Bertz CT molecular complexity index is 325. The second-order valence-corrected chi connectivity index (χ2v) is 7.31. The maximum absolute atomic E-state index is 10.4. The Morgan fingerprint density at radius 1 is 1.18 bits per heavy atom. The normalized spacial score (nSPS) is 56.6. The Morgan fingerprint density at radius 3 is 2.59 bits per heavy atom. The lowest BCUT2D eigenvalue weighted by atomic mass is 9.76. The fourth-order valence-corrected chi connectivity index (χ4v) is 4.91. The molecule has 98 valence electrons. The fraction of sp³-hybridized carbons (Fsp3) is 1.00. The maximum Gasteiger partial charge on any atom is 0.0750 e. The number of aliphatic hydroxyl groups is 1. The lowest BCUT2D eigenvalue weighted by molar-refractivity contribution is -0.158. The molecule has 0 aromatic carbocycles. The second kappa shape index (κ2) is 3.48. The highest BCUT2D eigenvalue weighted by molar-refractivity contribution is 5.11. The van der Waals surface area contributed by atoms with Crippen LogP contribution in [-0.2, 0) is 4.74 Å². The van der Waals surface area contributed by atoms with E-state index in [1.54, 1.807) is 0 Å². The molecule has 2 bridgehead atoms. The van der Waals surface area contributed by atoms with E-state index in [1.807, 2.05) is 0 Å². The smallest absolute Gasteiger partial charge is 0.0750 e. The maximum atomic E-state index is 10.4. The van der Waals surface area contributed by atoms with E-state index in [2.05, 4.69) is 27.7 Å². The number of fused-ring (bicyclic) bond motifs is 1. The molecule has 3 rings (SSSR count). The highest BCUT2D eigenvalue weighted by atomic mass is 16.5. The van der Waals surface area contributed by atoms with Crippen LogP contribution in [0.1, 0.15) is 53.4 Å². The Labute approximate surface area is 105 Å². The summed E-state index contributed by atoms with van der Waals surface area (Å²) in [5.41, 5.74) is 0.0308. The van der Waals surface area contributed by atoms with E-state index in [0.29, 0.717) is 23.7 Å². The molecule has 1 N–H and O–H groups in total. The Hall–Kier alpha value is -0.0800. The van der Waals surface area contributed by atoms with Gasteiger partial charge in [0, 0.05) is 0 Å². The van der Waals surface area contributed by atoms with Gasteiger partial charge in [0.25, 0.3) is 0 Å². The third kappa shape index (κ3) is 1.46. The molecular formula is C15H26O2. The molecule has 17 heavy (non-hydrogen) atoms. The number of rotatable bonds is 0. The number of hydrogen-bond acceptors (Lipinski definition) is 2. The van der Waals surface area contributed by atoms with Crippen LogP contribution in [0.25, 0.3) is 0 Å². The summed E-state index contributed by atoms with van der Waals surface area (Å²) >= 11 is 0. The number of ether oxygens (including phenoxy) is 1. The molecule has 1 heterocycles. The van der Waals surface area contributed by atoms with Crippen LogP contribution in [0, 0.1) is 23.7 Å². The van der Waals surface area contributed by atoms with Crippen molar-refractivity contribution in [1.29, 1.82) is 0 Å². The predicted octanol–water partition coefficient (Wildman–Crippen LogP) is 2.99. The van der Waals surface area contributed by atoms with Gasteiger partial charge in [0.15, 0.2) is 0 Å². The van der Waals surface area contributed by atoms with Gasteiger partial charge in [-0.05, 0) is 63.2 Å². The molecule has 1 aliphatic heterocycles. The summed E-state index contributed by atoms with van der Waals surface area (Å²) < 4.78 is 6.58. The van der Waals surface area contributed by atoms with E-state index in [-0.39, 0.29) is 17.3 Å². The van der Waals surface area contributed by atoms with Crippen molar-refractivity contribution in [2.45, 2.75) is 70.7 Å². The molecule has 0 aromatic rings. The van der Waals surface area contributed by atoms with Gasteiger partial charge in [-0.25, -0.2) is 0 Å². The minimum Gasteiger partial charge on any atom is -0.393 e. The summed E-state index contributed by atoms with van der Waals surface area (Å²) in [7, 11) is 0. The third-order valence-electron chi connectivity index (χ3n) is 6.14. The summed E-state index contributed by atoms with van der Waals surface area (Å²) in [6.45, 7) is 9.02. The molecule has 0 radical (unpaired) electrons. The molecule has 0 amide bonds. The van der Waals surface area contributed by atoms with Crippen molar-refractivity contribution in [2.24, 2.45) is 23.7 Å². The second-order valence-electron chi connectivity index (χ2n) is 7.31. The summed E-state index contributed by atoms with van der Waals surface area (Å²) in [5.74, 6) is 2.16.